The van der Waals surface area contributed by atoms with E-state index in [0.29, 0.717) is 29.6 Å². The molecule has 7 heteroatoms. The second-order valence-electron chi connectivity index (χ2n) is 17.2. The molecule has 4 heterocycles. The average Bonchev–Trinajstić information content (AvgIpc) is 4.00. The number of aromatic nitrogens is 5. The summed E-state index contributed by atoms with van der Waals surface area (Å²) < 4.78 is 9.37. The van der Waals surface area contributed by atoms with Crippen molar-refractivity contribution in [2.24, 2.45) is 14.1 Å². The van der Waals surface area contributed by atoms with Crippen LogP contribution in [-0.4, -0.2) is 50.4 Å². The second-order valence-corrected chi connectivity index (χ2v) is 17.2. The van der Waals surface area contributed by atoms with Crippen molar-refractivity contribution in [1.82, 2.24) is 24.1 Å². The first-order valence-corrected chi connectivity index (χ1v) is 21.6. The monoisotopic (exact) mass is 777 g/mol. The molecule has 1 saturated carbocycles. The summed E-state index contributed by atoms with van der Waals surface area (Å²) in [6, 6.07) is 24.2. The van der Waals surface area contributed by atoms with Crippen LogP contribution in [-0.2, 0) is 18.8 Å². The number of nitrogens with zero attached hydrogens (tertiary/aromatic N) is 6. The van der Waals surface area contributed by atoms with Crippen LogP contribution in [0.25, 0.3) is 0 Å². The quantitative estimate of drug-likeness (QED) is 0.165. The number of pyridine rings is 1. The number of hydrogen-bond acceptors (Lipinski definition) is 5. The predicted octanol–water partition coefficient (Wildman–Crippen LogP) is 12.7. The van der Waals surface area contributed by atoms with Gasteiger partial charge in [-0.1, -0.05) is 125 Å². The first kappa shape index (κ1) is 47.1. The Balaban J connectivity index is 0.000000194. The average molecular weight is 777 g/mol. The van der Waals surface area contributed by atoms with Gasteiger partial charge in [-0.25, -0.2) is 9.97 Å². The van der Waals surface area contributed by atoms with E-state index in [2.05, 4.69) is 150 Å². The lowest BCUT2D eigenvalue weighted by molar-refractivity contribution is 0.122. The summed E-state index contributed by atoms with van der Waals surface area (Å²) in [5.74, 6) is 4.89. The van der Waals surface area contributed by atoms with Crippen LogP contribution in [0.3, 0.4) is 0 Å². The largest absolute Gasteiger partial charge is 0.378 e. The first-order chi connectivity index (χ1) is 27.2. The van der Waals surface area contributed by atoms with Crippen LogP contribution in [0, 0.1) is 6.92 Å². The number of rotatable bonds is 7. The first-order valence-electron chi connectivity index (χ1n) is 21.6. The van der Waals surface area contributed by atoms with Crippen molar-refractivity contribution in [3.05, 3.63) is 131 Å². The molecule has 2 aromatic carbocycles. The lowest BCUT2D eigenvalue weighted by Gasteiger charge is -2.29. The summed E-state index contributed by atoms with van der Waals surface area (Å²) in [5.41, 5.74) is 9.27. The fourth-order valence-corrected chi connectivity index (χ4v) is 6.88. The molecule has 2 aliphatic rings. The van der Waals surface area contributed by atoms with Gasteiger partial charge in [-0.2, -0.15) is 0 Å². The fraction of sp³-hybridized carbons (Fsp3) is 0.540. The third-order valence-corrected chi connectivity index (χ3v) is 10.5. The van der Waals surface area contributed by atoms with Gasteiger partial charge in [-0.05, 0) is 90.3 Å². The molecule has 7 nitrogen and oxygen atoms in total. The topological polar surface area (TPSA) is 61.0 Å². The Hall–Kier alpha value is -4.23. The Morgan fingerprint density at radius 3 is 1.70 bits per heavy atom. The minimum atomic E-state index is 0.532. The molecule has 0 N–H and O–H groups in total. The molecule has 3 aromatic heterocycles. The lowest BCUT2D eigenvalue weighted by Crippen LogP contribution is -2.36. The highest BCUT2D eigenvalue weighted by Gasteiger charge is 2.17. The number of benzene rings is 2. The summed E-state index contributed by atoms with van der Waals surface area (Å²) in [6.45, 7) is 27.6. The zero-order chi connectivity index (χ0) is 41.9. The number of morpholine rings is 1. The second kappa shape index (κ2) is 24.5. The molecule has 0 amide bonds. The number of anilines is 1. The molecule has 0 atom stereocenters. The molecular weight excluding hydrogens is 701 g/mol. The van der Waals surface area contributed by atoms with E-state index in [0.717, 1.165) is 49.4 Å². The lowest BCUT2D eigenvalue weighted by atomic mass is 9.93. The van der Waals surface area contributed by atoms with Gasteiger partial charge in [0.2, 0.25) is 0 Å². The molecule has 5 aromatic rings. The van der Waals surface area contributed by atoms with E-state index in [1.54, 1.807) is 5.56 Å². The van der Waals surface area contributed by atoms with Gasteiger partial charge in [0.25, 0.3) is 0 Å². The van der Waals surface area contributed by atoms with Crippen LogP contribution in [0.1, 0.15) is 170 Å². The SMILES string of the molecule is CC(C)c1cccc(C2CCCC2)c1.CC(C)c1cccc(N2CCOCC2)c1.CC(C)c1cn(C)cn1.CC(C)c1nccn1C.Cc1cccc(C(C)C)n1. The normalized spacial score (nSPS) is 14.1. The van der Waals surface area contributed by atoms with E-state index in [1.165, 1.54) is 48.2 Å². The molecule has 57 heavy (non-hydrogen) atoms. The Labute approximate surface area is 347 Å². The van der Waals surface area contributed by atoms with Gasteiger partial charge in [0.05, 0.1) is 25.2 Å². The Bertz CT molecular complexity index is 1820. The predicted molar refractivity (Wildman–Crippen MR) is 243 cm³/mol. The maximum atomic E-state index is 5.36. The minimum Gasteiger partial charge on any atom is -0.378 e. The molecule has 0 spiro atoms. The van der Waals surface area contributed by atoms with Crippen molar-refractivity contribution in [2.45, 2.75) is 137 Å². The molecule has 2 fully saturated rings. The molecule has 0 unspecified atom stereocenters. The third kappa shape index (κ3) is 16.6. The van der Waals surface area contributed by atoms with Crippen LogP contribution < -0.4 is 4.90 Å². The summed E-state index contributed by atoms with van der Waals surface area (Å²) in [7, 11) is 4.00. The summed E-state index contributed by atoms with van der Waals surface area (Å²) in [5, 5.41) is 0. The van der Waals surface area contributed by atoms with Crippen molar-refractivity contribution in [3.63, 3.8) is 0 Å². The zero-order valence-corrected chi connectivity index (χ0v) is 37.9. The Morgan fingerprint density at radius 1 is 0.649 bits per heavy atom. The van der Waals surface area contributed by atoms with E-state index >= 15 is 0 Å². The number of imidazole rings is 2. The van der Waals surface area contributed by atoms with Crippen molar-refractivity contribution in [1.29, 1.82) is 0 Å². The van der Waals surface area contributed by atoms with Gasteiger partial charge in [0.1, 0.15) is 5.82 Å². The van der Waals surface area contributed by atoms with Crippen LogP contribution in [0.4, 0.5) is 5.69 Å². The molecule has 1 aliphatic carbocycles. The van der Waals surface area contributed by atoms with E-state index in [9.17, 15) is 0 Å². The standard InChI is InChI=1S/C14H20.C13H19NO.C9H13N.2C7H12N2/c1-11(2)13-8-5-9-14(10-13)12-6-3-4-7-12;1-11(2)12-4-3-5-13(10-12)14-6-8-15-9-7-14;1-7(2)9-6-4-5-8(3)10-9;1-6(2)7-4-9(3)5-8-7;1-6(2)7-8-4-5-9(7)3/h5,8-12H,3-4,6-7H2,1-2H3;3-5,10-11H,6-9H2,1-2H3;4-7H,1-3H3;2*4-6H,1-3H3. The number of ether oxygens (including phenoxy) is 1. The molecule has 0 radical (unpaired) electrons. The van der Waals surface area contributed by atoms with E-state index in [4.69, 9.17) is 4.74 Å². The summed E-state index contributed by atoms with van der Waals surface area (Å²) in [6.07, 6.45) is 13.3. The maximum absolute atomic E-state index is 5.36. The smallest absolute Gasteiger partial charge is 0.110 e. The highest BCUT2D eigenvalue weighted by Crippen LogP contribution is 2.35. The molecule has 1 aliphatic heterocycles. The summed E-state index contributed by atoms with van der Waals surface area (Å²) in [4.78, 5) is 15.1. The minimum absolute atomic E-state index is 0.532. The summed E-state index contributed by atoms with van der Waals surface area (Å²) >= 11 is 0. The van der Waals surface area contributed by atoms with Gasteiger partial charge in [-0.15, -0.1) is 0 Å². The van der Waals surface area contributed by atoms with E-state index in [1.807, 2.05) is 61.1 Å². The van der Waals surface area contributed by atoms with Crippen LogP contribution in [0.2, 0.25) is 0 Å². The highest BCUT2D eigenvalue weighted by atomic mass is 16.5. The molecule has 7 rings (SSSR count). The van der Waals surface area contributed by atoms with Crippen molar-refractivity contribution in [2.75, 3.05) is 31.2 Å². The van der Waals surface area contributed by atoms with Crippen molar-refractivity contribution in [3.8, 4) is 0 Å². The Morgan fingerprint density at radius 2 is 1.25 bits per heavy atom. The van der Waals surface area contributed by atoms with Crippen LogP contribution in [0.15, 0.2) is 91.6 Å². The van der Waals surface area contributed by atoms with Crippen molar-refractivity contribution < 1.29 is 4.74 Å². The Kier molecular flexibility index (Phi) is 20.3. The van der Waals surface area contributed by atoms with Crippen molar-refractivity contribution >= 4 is 5.69 Å². The van der Waals surface area contributed by atoms with E-state index in [-0.39, 0.29) is 0 Å². The zero-order valence-electron chi connectivity index (χ0n) is 37.9. The molecular formula is C50H76N6O. The van der Waals surface area contributed by atoms with Crippen LogP contribution >= 0.6 is 0 Å². The molecule has 0 bridgehead atoms. The fourth-order valence-electron chi connectivity index (χ4n) is 6.88. The number of aryl methyl sites for hydroxylation is 3. The molecule has 312 valence electrons. The van der Waals surface area contributed by atoms with Crippen LogP contribution in [0.5, 0.6) is 0 Å². The van der Waals surface area contributed by atoms with Gasteiger partial charge in [-0.3, -0.25) is 4.98 Å². The van der Waals surface area contributed by atoms with Gasteiger partial charge >= 0.3 is 0 Å². The molecule has 1 saturated heterocycles. The van der Waals surface area contributed by atoms with Gasteiger partial charge in [0, 0.05) is 68.8 Å². The van der Waals surface area contributed by atoms with Gasteiger partial charge < -0.3 is 18.8 Å². The maximum Gasteiger partial charge on any atom is 0.110 e. The van der Waals surface area contributed by atoms with E-state index < -0.39 is 0 Å². The highest BCUT2D eigenvalue weighted by molar-refractivity contribution is 5.49. The third-order valence-electron chi connectivity index (χ3n) is 10.5. The number of hydrogen-bond donors (Lipinski definition) is 0. The van der Waals surface area contributed by atoms with Gasteiger partial charge in [0.15, 0.2) is 0 Å².